The maximum Gasteiger partial charge on any atom is 0.131 e. The van der Waals surface area contributed by atoms with Gasteiger partial charge in [0.1, 0.15) is 11.6 Å². The van der Waals surface area contributed by atoms with Gasteiger partial charge < -0.3 is 10.8 Å². The molecular weight excluding hydrogens is 226 g/mol. The van der Waals surface area contributed by atoms with Crippen molar-refractivity contribution in [3.8, 4) is 0 Å². The Labute approximate surface area is 98.8 Å². The Bertz CT molecular complexity index is 423. The second kappa shape index (κ2) is 4.68. The number of fused-ring (bicyclic) bond motifs is 1. The van der Waals surface area contributed by atoms with Crippen LogP contribution >= 0.6 is 0 Å². The molecule has 0 aromatic heterocycles. The van der Waals surface area contributed by atoms with Crippen molar-refractivity contribution >= 4 is 0 Å². The van der Waals surface area contributed by atoms with Crippen LogP contribution in [0.4, 0.5) is 8.78 Å². The Morgan fingerprint density at radius 1 is 1.53 bits per heavy atom. The molecule has 1 aliphatic heterocycles. The highest BCUT2D eigenvalue weighted by Crippen LogP contribution is 2.35. The van der Waals surface area contributed by atoms with Crippen molar-refractivity contribution in [3.05, 3.63) is 34.9 Å². The van der Waals surface area contributed by atoms with E-state index in [9.17, 15) is 13.9 Å². The third-order valence-corrected chi connectivity index (χ3v) is 3.05. The number of rotatable bonds is 3. The smallest absolute Gasteiger partial charge is 0.131 e. The fraction of sp³-hybridized carbons (Fsp3) is 0.500. The summed E-state index contributed by atoms with van der Waals surface area (Å²) in [5, 5.41) is 9.38. The van der Waals surface area contributed by atoms with Crippen LogP contribution in [0.25, 0.3) is 0 Å². The van der Waals surface area contributed by atoms with Gasteiger partial charge in [0.05, 0.1) is 12.1 Å². The highest BCUT2D eigenvalue weighted by atomic mass is 19.1. The molecule has 3 N–H and O–H groups in total. The van der Waals surface area contributed by atoms with Gasteiger partial charge in [0.2, 0.25) is 0 Å². The Morgan fingerprint density at radius 3 is 2.82 bits per heavy atom. The molecule has 0 bridgehead atoms. The van der Waals surface area contributed by atoms with Crippen molar-refractivity contribution < 1.29 is 13.9 Å². The molecule has 1 aliphatic rings. The van der Waals surface area contributed by atoms with Gasteiger partial charge in [0.25, 0.3) is 0 Å². The van der Waals surface area contributed by atoms with E-state index in [-0.39, 0.29) is 12.6 Å². The molecule has 0 fully saturated rings. The molecule has 2 unspecified atom stereocenters. The van der Waals surface area contributed by atoms with E-state index in [1.807, 2.05) is 4.90 Å². The number of hydrogen-bond acceptors (Lipinski definition) is 3. The van der Waals surface area contributed by atoms with E-state index in [4.69, 9.17) is 5.73 Å². The zero-order valence-corrected chi connectivity index (χ0v) is 9.66. The SMILES string of the molecule is CC(O)CN1Cc2cc(F)cc(F)c2C1CN. The van der Waals surface area contributed by atoms with Crippen LogP contribution in [0.2, 0.25) is 0 Å². The van der Waals surface area contributed by atoms with Crippen molar-refractivity contribution in [3.63, 3.8) is 0 Å². The number of β-amino-alcohol motifs (C(OH)–C–C–N with tert-alkyl or cyclic N) is 1. The van der Waals surface area contributed by atoms with E-state index >= 15 is 0 Å². The summed E-state index contributed by atoms with van der Waals surface area (Å²) in [5.74, 6) is -1.13. The monoisotopic (exact) mass is 242 g/mol. The van der Waals surface area contributed by atoms with Crippen LogP contribution in [-0.2, 0) is 6.54 Å². The average molecular weight is 242 g/mol. The quantitative estimate of drug-likeness (QED) is 0.836. The summed E-state index contributed by atoms with van der Waals surface area (Å²) in [6, 6.07) is 1.94. The van der Waals surface area contributed by atoms with Gasteiger partial charge in [-0.3, -0.25) is 4.90 Å². The minimum atomic E-state index is -0.573. The van der Waals surface area contributed by atoms with E-state index in [0.29, 0.717) is 24.2 Å². The highest BCUT2D eigenvalue weighted by Gasteiger charge is 2.32. The van der Waals surface area contributed by atoms with Gasteiger partial charge in [-0.15, -0.1) is 0 Å². The van der Waals surface area contributed by atoms with Crippen molar-refractivity contribution in [2.24, 2.45) is 5.73 Å². The normalized spacial score (nSPS) is 21.6. The molecule has 0 amide bonds. The van der Waals surface area contributed by atoms with Gasteiger partial charge >= 0.3 is 0 Å². The number of aliphatic hydroxyl groups is 1. The lowest BCUT2D eigenvalue weighted by atomic mass is 10.0. The molecule has 0 radical (unpaired) electrons. The minimum absolute atomic E-state index is 0.252. The molecule has 94 valence electrons. The largest absolute Gasteiger partial charge is 0.392 e. The minimum Gasteiger partial charge on any atom is -0.392 e. The van der Waals surface area contributed by atoms with Crippen molar-refractivity contribution in [1.82, 2.24) is 4.90 Å². The molecule has 1 heterocycles. The Balaban J connectivity index is 2.35. The first-order valence-electron chi connectivity index (χ1n) is 5.63. The van der Waals surface area contributed by atoms with Crippen LogP contribution in [0.5, 0.6) is 0 Å². The predicted octanol–water partition coefficient (Wildman–Crippen LogP) is 1.16. The molecule has 1 aromatic carbocycles. The van der Waals surface area contributed by atoms with Crippen LogP contribution in [0.15, 0.2) is 12.1 Å². The average Bonchev–Trinajstić information content (AvgIpc) is 2.53. The van der Waals surface area contributed by atoms with Gasteiger partial charge in [0, 0.05) is 31.3 Å². The molecule has 0 aliphatic carbocycles. The van der Waals surface area contributed by atoms with Crippen molar-refractivity contribution in [2.75, 3.05) is 13.1 Å². The fourth-order valence-electron chi connectivity index (χ4n) is 2.45. The van der Waals surface area contributed by atoms with E-state index in [1.165, 1.54) is 6.07 Å². The van der Waals surface area contributed by atoms with Gasteiger partial charge in [0.15, 0.2) is 0 Å². The molecule has 17 heavy (non-hydrogen) atoms. The van der Waals surface area contributed by atoms with E-state index in [1.54, 1.807) is 6.92 Å². The van der Waals surface area contributed by atoms with Gasteiger partial charge in [-0.2, -0.15) is 0 Å². The summed E-state index contributed by atoms with van der Waals surface area (Å²) in [5.41, 5.74) is 6.73. The van der Waals surface area contributed by atoms with Crippen LogP contribution in [0.1, 0.15) is 24.1 Å². The lowest BCUT2D eigenvalue weighted by Crippen LogP contribution is -2.33. The molecule has 5 heteroatoms. The zero-order valence-electron chi connectivity index (χ0n) is 9.66. The summed E-state index contributed by atoms with van der Waals surface area (Å²) in [6.07, 6.45) is -0.522. The molecule has 0 saturated carbocycles. The second-order valence-corrected chi connectivity index (χ2v) is 4.49. The fourth-order valence-corrected chi connectivity index (χ4v) is 2.45. The number of halogens is 2. The first-order valence-corrected chi connectivity index (χ1v) is 5.63. The molecule has 2 rings (SSSR count). The van der Waals surface area contributed by atoms with Crippen molar-refractivity contribution in [2.45, 2.75) is 25.6 Å². The van der Waals surface area contributed by atoms with Crippen LogP contribution in [0.3, 0.4) is 0 Å². The maximum absolute atomic E-state index is 13.7. The molecule has 2 atom stereocenters. The Kier molecular flexibility index (Phi) is 3.42. The standard InChI is InChI=1S/C12H16F2N2O/c1-7(17)5-16-6-8-2-9(13)3-10(14)12(8)11(16)4-15/h2-3,7,11,17H,4-6,15H2,1H3. The topological polar surface area (TPSA) is 49.5 Å². The van der Waals surface area contributed by atoms with Crippen LogP contribution in [0, 0.1) is 11.6 Å². The number of benzene rings is 1. The molecular formula is C12H16F2N2O. The van der Waals surface area contributed by atoms with Gasteiger partial charge in [-0.05, 0) is 18.6 Å². The predicted molar refractivity (Wildman–Crippen MR) is 60.2 cm³/mol. The Morgan fingerprint density at radius 2 is 2.24 bits per heavy atom. The lowest BCUT2D eigenvalue weighted by molar-refractivity contribution is 0.105. The van der Waals surface area contributed by atoms with Gasteiger partial charge in [-0.1, -0.05) is 0 Å². The number of aliphatic hydroxyl groups excluding tert-OH is 1. The summed E-state index contributed by atoms with van der Waals surface area (Å²) in [4.78, 5) is 1.87. The molecule has 3 nitrogen and oxygen atoms in total. The Hall–Kier alpha value is -1.04. The molecule has 0 spiro atoms. The number of nitrogens with two attached hydrogens (primary N) is 1. The maximum atomic E-state index is 13.7. The lowest BCUT2D eigenvalue weighted by Gasteiger charge is -2.24. The number of nitrogens with zero attached hydrogens (tertiary/aromatic N) is 1. The number of hydrogen-bond donors (Lipinski definition) is 2. The first-order chi connectivity index (χ1) is 8.02. The highest BCUT2D eigenvalue weighted by molar-refractivity contribution is 5.36. The van der Waals surface area contributed by atoms with Crippen LogP contribution in [-0.4, -0.2) is 29.2 Å². The van der Waals surface area contributed by atoms with Crippen LogP contribution < -0.4 is 5.73 Å². The first kappa shape index (κ1) is 12.4. The van der Waals surface area contributed by atoms with Crippen molar-refractivity contribution in [1.29, 1.82) is 0 Å². The van der Waals surface area contributed by atoms with E-state index in [0.717, 1.165) is 6.07 Å². The zero-order chi connectivity index (χ0) is 12.6. The summed E-state index contributed by atoms with van der Waals surface area (Å²) >= 11 is 0. The summed E-state index contributed by atoms with van der Waals surface area (Å²) in [6.45, 7) is 2.74. The third-order valence-electron chi connectivity index (χ3n) is 3.05. The summed E-state index contributed by atoms with van der Waals surface area (Å²) < 4.78 is 26.8. The van der Waals surface area contributed by atoms with E-state index in [2.05, 4.69) is 0 Å². The molecule has 1 aromatic rings. The molecule has 0 saturated heterocycles. The van der Waals surface area contributed by atoms with E-state index < -0.39 is 17.7 Å². The van der Waals surface area contributed by atoms with Gasteiger partial charge in [-0.25, -0.2) is 8.78 Å². The second-order valence-electron chi connectivity index (χ2n) is 4.49. The third kappa shape index (κ3) is 2.31. The summed E-state index contributed by atoms with van der Waals surface area (Å²) in [7, 11) is 0.